The lowest BCUT2D eigenvalue weighted by Crippen LogP contribution is -2.13. The molecular weight excluding hydrogens is 400 g/mol. The van der Waals surface area contributed by atoms with E-state index in [1.165, 1.54) is 17.3 Å². The summed E-state index contributed by atoms with van der Waals surface area (Å²) in [6, 6.07) is 13.6. The maximum Gasteiger partial charge on any atom is 0.513 e. The second kappa shape index (κ2) is 10.5. The molecule has 27 heavy (non-hydrogen) atoms. The fraction of sp³-hybridized carbons (Fsp3) is 0.316. The van der Waals surface area contributed by atoms with Crippen LogP contribution in [0.5, 0.6) is 5.75 Å². The molecule has 1 atom stereocenters. The van der Waals surface area contributed by atoms with E-state index in [0.717, 1.165) is 34.9 Å². The number of aryl methyl sites for hydroxylation is 1. The van der Waals surface area contributed by atoms with E-state index >= 15 is 0 Å². The molecule has 0 amide bonds. The third-order valence-corrected chi connectivity index (χ3v) is 7.31. The molecule has 1 aromatic heterocycles. The minimum absolute atomic E-state index is 0.0406. The predicted molar refractivity (Wildman–Crippen MR) is 109 cm³/mol. The number of carbonyl (C=O) groups is 1. The van der Waals surface area contributed by atoms with Crippen molar-refractivity contribution in [1.29, 1.82) is 5.26 Å². The quantitative estimate of drug-likeness (QED) is 0.258. The highest BCUT2D eigenvalue weighted by molar-refractivity contribution is 8.76. The number of fused-ring (bicyclic) bond motifs is 1. The summed E-state index contributed by atoms with van der Waals surface area (Å²) >= 11 is 1.52. The van der Waals surface area contributed by atoms with Crippen molar-refractivity contribution in [1.82, 2.24) is 4.98 Å². The van der Waals surface area contributed by atoms with Crippen molar-refractivity contribution in [3.63, 3.8) is 0 Å². The van der Waals surface area contributed by atoms with Crippen LogP contribution in [-0.4, -0.2) is 28.7 Å². The summed E-state index contributed by atoms with van der Waals surface area (Å²) in [6.45, 7) is 0.310. The van der Waals surface area contributed by atoms with Crippen LogP contribution in [0.4, 0.5) is 4.79 Å². The highest BCUT2D eigenvalue weighted by Crippen LogP contribution is 2.37. The van der Waals surface area contributed by atoms with Crippen LogP contribution in [-0.2, 0) is 11.2 Å². The van der Waals surface area contributed by atoms with Gasteiger partial charge in [0.05, 0.1) is 17.9 Å². The summed E-state index contributed by atoms with van der Waals surface area (Å²) in [6.07, 6.45) is 3.53. The first-order valence-electron chi connectivity index (χ1n) is 8.49. The highest BCUT2D eigenvalue weighted by Gasteiger charge is 2.20. The van der Waals surface area contributed by atoms with Gasteiger partial charge in [-0.15, -0.1) is 11.8 Å². The Hall–Kier alpha value is -1.82. The lowest BCUT2D eigenvalue weighted by molar-refractivity contribution is 0.0994. The number of hydrogen-bond donors (Lipinski definition) is 0. The average Bonchev–Trinajstić information content (AvgIpc) is 2.70. The van der Waals surface area contributed by atoms with E-state index in [0.29, 0.717) is 12.4 Å². The molecule has 0 aliphatic carbocycles. The topological polar surface area (TPSA) is 72.2 Å². The Bertz CT molecular complexity index is 812. The van der Waals surface area contributed by atoms with Gasteiger partial charge < -0.3 is 9.47 Å². The van der Waals surface area contributed by atoms with Crippen LogP contribution in [0.25, 0.3) is 0 Å². The van der Waals surface area contributed by atoms with Gasteiger partial charge in [0.2, 0.25) is 0 Å². The van der Waals surface area contributed by atoms with E-state index in [-0.39, 0.29) is 5.25 Å². The summed E-state index contributed by atoms with van der Waals surface area (Å²) in [5, 5.41) is 10.00. The molecule has 1 aliphatic rings. The predicted octanol–water partition coefficient (Wildman–Crippen LogP) is 5.36. The maximum atomic E-state index is 11.8. The molecule has 0 saturated carbocycles. The molecule has 140 valence electrons. The minimum atomic E-state index is -0.699. The number of aromatic nitrogens is 1. The van der Waals surface area contributed by atoms with Crippen LogP contribution in [0.3, 0.4) is 0 Å². The Morgan fingerprint density at radius 3 is 3.11 bits per heavy atom. The number of thioether (sulfide) groups is 1. The molecule has 1 aliphatic heterocycles. The molecule has 0 N–H and O–H groups in total. The molecule has 0 radical (unpaired) electrons. The van der Waals surface area contributed by atoms with Crippen LogP contribution in [0.2, 0.25) is 0 Å². The van der Waals surface area contributed by atoms with Gasteiger partial charge in [0.25, 0.3) is 0 Å². The van der Waals surface area contributed by atoms with E-state index < -0.39 is 6.16 Å². The number of rotatable bonds is 7. The minimum Gasteiger partial charge on any atom is -0.434 e. The SMILES string of the molecule is N#CC1CCc2ccc(OC(=O)OCCCSSc3ccccn3)cc2S1. The van der Waals surface area contributed by atoms with Crippen LogP contribution in [0, 0.1) is 11.3 Å². The van der Waals surface area contributed by atoms with Crippen molar-refractivity contribution in [2.24, 2.45) is 0 Å². The van der Waals surface area contributed by atoms with E-state index in [2.05, 4.69) is 11.1 Å². The third-order valence-electron chi connectivity index (χ3n) is 3.70. The first kappa shape index (κ1) is 19.9. The maximum absolute atomic E-state index is 11.8. The zero-order valence-corrected chi connectivity index (χ0v) is 16.9. The smallest absolute Gasteiger partial charge is 0.434 e. The zero-order chi connectivity index (χ0) is 18.9. The molecule has 0 bridgehead atoms. The number of hydrogen-bond acceptors (Lipinski definition) is 8. The normalized spacial score (nSPS) is 15.4. The van der Waals surface area contributed by atoms with Crippen LogP contribution in [0.1, 0.15) is 18.4 Å². The molecular formula is C19H18N2O3S3. The van der Waals surface area contributed by atoms with E-state index in [1.807, 2.05) is 30.3 Å². The van der Waals surface area contributed by atoms with Gasteiger partial charge >= 0.3 is 6.16 Å². The van der Waals surface area contributed by atoms with Gasteiger partial charge in [0.15, 0.2) is 0 Å². The lowest BCUT2D eigenvalue weighted by Gasteiger charge is -2.19. The average molecular weight is 419 g/mol. The Balaban J connectivity index is 1.35. The summed E-state index contributed by atoms with van der Waals surface area (Å²) in [4.78, 5) is 17.1. The van der Waals surface area contributed by atoms with E-state index in [4.69, 9.17) is 14.7 Å². The van der Waals surface area contributed by atoms with E-state index in [9.17, 15) is 4.79 Å². The fourth-order valence-corrected chi connectivity index (χ4v) is 5.44. The molecule has 0 fully saturated rings. The van der Waals surface area contributed by atoms with Gasteiger partial charge in [0.1, 0.15) is 10.8 Å². The van der Waals surface area contributed by atoms with Crippen LogP contribution < -0.4 is 4.74 Å². The molecule has 8 heteroatoms. The zero-order valence-electron chi connectivity index (χ0n) is 14.5. The number of pyridine rings is 1. The van der Waals surface area contributed by atoms with Gasteiger partial charge in [-0.3, -0.25) is 0 Å². The third kappa shape index (κ3) is 6.38. The van der Waals surface area contributed by atoms with Gasteiger partial charge in [-0.2, -0.15) is 5.26 Å². The molecule has 2 heterocycles. The Kier molecular flexibility index (Phi) is 7.75. The monoisotopic (exact) mass is 418 g/mol. The Morgan fingerprint density at radius 1 is 1.37 bits per heavy atom. The molecule has 0 spiro atoms. The van der Waals surface area contributed by atoms with Crippen molar-refractivity contribution < 1.29 is 14.3 Å². The van der Waals surface area contributed by atoms with Crippen molar-refractivity contribution >= 4 is 39.5 Å². The molecule has 1 aromatic carbocycles. The number of ether oxygens (including phenoxy) is 2. The van der Waals surface area contributed by atoms with Gasteiger partial charge in [-0.25, -0.2) is 9.78 Å². The highest BCUT2D eigenvalue weighted by atomic mass is 33.1. The first-order valence-corrected chi connectivity index (χ1v) is 11.7. The van der Waals surface area contributed by atoms with Crippen molar-refractivity contribution in [2.45, 2.75) is 34.4 Å². The van der Waals surface area contributed by atoms with Crippen molar-refractivity contribution in [2.75, 3.05) is 12.4 Å². The molecule has 5 nitrogen and oxygen atoms in total. The Morgan fingerprint density at radius 2 is 2.30 bits per heavy atom. The van der Waals surface area contributed by atoms with Gasteiger partial charge in [0, 0.05) is 16.8 Å². The first-order chi connectivity index (χ1) is 13.2. The standard InChI is InChI=1S/C19H18N2O3S3/c20-13-16-8-6-14-5-7-15(12-17(14)26-16)24-19(22)23-10-3-11-25-27-18-4-1-2-9-21-18/h1-2,4-5,7,9,12,16H,3,6,8,10-11H2. The number of nitrogens with zero attached hydrogens (tertiary/aromatic N) is 2. The molecule has 0 saturated heterocycles. The molecule has 3 rings (SSSR count). The molecule has 1 unspecified atom stereocenters. The lowest BCUT2D eigenvalue weighted by atomic mass is 10.1. The van der Waals surface area contributed by atoms with Crippen LogP contribution in [0.15, 0.2) is 52.5 Å². The largest absolute Gasteiger partial charge is 0.513 e. The van der Waals surface area contributed by atoms with Crippen molar-refractivity contribution in [3.05, 3.63) is 48.2 Å². The van der Waals surface area contributed by atoms with Crippen molar-refractivity contribution in [3.8, 4) is 11.8 Å². The van der Waals surface area contributed by atoms with Gasteiger partial charge in [-0.05, 0) is 59.9 Å². The number of carbonyl (C=O) groups excluding carboxylic acids is 1. The van der Waals surface area contributed by atoms with Gasteiger partial charge in [-0.1, -0.05) is 22.9 Å². The number of nitriles is 1. The summed E-state index contributed by atoms with van der Waals surface area (Å²) < 4.78 is 10.4. The fourth-order valence-electron chi connectivity index (χ4n) is 2.40. The van der Waals surface area contributed by atoms with E-state index in [1.54, 1.807) is 33.9 Å². The molecule has 2 aromatic rings. The Labute approximate surface area is 170 Å². The summed E-state index contributed by atoms with van der Waals surface area (Å²) in [7, 11) is 3.28. The summed E-state index contributed by atoms with van der Waals surface area (Å²) in [5.41, 5.74) is 1.19. The summed E-state index contributed by atoms with van der Waals surface area (Å²) in [5.74, 6) is 1.30. The van der Waals surface area contributed by atoms with Crippen LogP contribution >= 0.6 is 33.3 Å². The second-order valence-corrected chi connectivity index (χ2v) is 9.35. The second-order valence-electron chi connectivity index (χ2n) is 5.67. The number of benzene rings is 1.